The maximum atomic E-state index is 2.59. The summed E-state index contributed by atoms with van der Waals surface area (Å²) in [6.45, 7) is 0. The second kappa shape index (κ2) is 13.4. The molecular weight excluding hydrogens is 711 g/mol. The maximum absolute atomic E-state index is 2.59. The van der Waals surface area contributed by atoms with Gasteiger partial charge in [0.25, 0.3) is 0 Å². The van der Waals surface area contributed by atoms with Crippen LogP contribution in [0.4, 0.5) is 0 Å². The second-order valence-corrected chi connectivity index (χ2v) is 15.5. The number of nitrogens with zero attached hydrogens (tertiary/aromatic N) is 1. The average molecular weight is 748 g/mol. The lowest BCUT2D eigenvalue weighted by molar-refractivity contribution is 1.25. The van der Waals surface area contributed by atoms with Crippen LogP contribution in [0.5, 0.6) is 0 Å². The van der Waals surface area contributed by atoms with E-state index in [0.29, 0.717) is 0 Å². The summed E-state index contributed by atoms with van der Waals surface area (Å²) in [6.07, 6.45) is 0. The summed E-state index contributed by atoms with van der Waals surface area (Å²) in [5.74, 6) is 0. The van der Waals surface area contributed by atoms with Gasteiger partial charge in [0.2, 0.25) is 0 Å². The lowest BCUT2D eigenvalue weighted by Gasteiger charge is -2.20. The third-order valence-electron chi connectivity index (χ3n) is 12.3. The quantitative estimate of drug-likeness (QED) is 0.160. The molecule has 0 amide bonds. The fourth-order valence-electron chi connectivity index (χ4n) is 9.87. The third kappa shape index (κ3) is 5.12. The summed E-state index contributed by atoms with van der Waals surface area (Å²) in [5, 5.41) is 5.05. The van der Waals surface area contributed by atoms with Gasteiger partial charge < -0.3 is 4.57 Å². The number of rotatable bonds is 6. The summed E-state index contributed by atoms with van der Waals surface area (Å²) in [4.78, 5) is 0. The number of hydrogen-bond acceptors (Lipinski definition) is 0. The Kier molecular flexibility index (Phi) is 7.61. The predicted molar refractivity (Wildman–Crippen MR) is 250 cm³/mol. The predicted octanol–water partition coefficient (Wildman–Crippen LogP) is 15.1. The Balaban J connectivity index is 1.32. The molecule has 0 N–H and O–H groups in total. The van der Waals surface area contributed by atoms with E-state index >= 15 is 0 Å². The van der Waals surface area contributed by atoms with Gasteiger partial charge in [-0.15, -0.1) is 0 Å². The molecule has 59 heavy (non-hydrogen) atoms. The minimum atomic E-state index is 1.20. The van der Waals surface area contributed by atoms with E-state index in [9.17, 15) is 0 Å². The van der Waals surface area contributed by atoms with Crippen molar-refractivity contribution in [2.75, 3.05) is 0 Å². The van der Waals surface area contributed by atoms with Crippen molar-refractivity contribution < 1.29 is 0 Å². The van der Waals surface area contributed by atoms with Crippen LogP contribution >= 0.6 is 0 Å². The van der Waals surface area contributed by atoms with Crippen LogP contribution in [-0.2, 0) is 0 Å². The van der Waals surface area contributed by atoms with E-state index in [-0.39, 0.29) is 0 Å². The van der Waals surface area contributed by atoms with Crippen LogP contribution in [0.3, 0.4) is 0 Å². The SMILES string of the molecule is c1ccc(C2=C(c3ccccc3)C(n3c4ccccc4c4c5ccccc5ccc43)=C3C2=C(c2ccccc2)c2cc(-c4ccccc4)c(-c4ccccc4)cc23)cc1. The van der Waals surface area contributed by atoms with E-state index in [4.69, 9.17) is 0 Å². The number of para-hydroxylation sites is 1. The standard InChI is InChI=1S/C58H37N/c1-6-20-38(21-7-1)46-36-48-49(37-47(46)39-22-8-2-9-23-39)56-57(52(48)41-25-10-3-11-26-41)53(42-27-12-4-13-28-42)54(43-29-14-5-15-30-43)58(56)59-50-33-19-18-32-45(50)55-44-31-17-16-24-40(44)34-35-51(55)59/h1-37H. The lowest BCUT2D eigenvalue weighted by atomic mass is 9.86. The van der Waals surface area contributed by atoms with Gasteiger partial charge in [-0.05, 0) is 90.7 Å². The first kappa shape index (κ1) is 33.4. The van der Waals surface area contributed by atoms with Gasteiger partial charge in [0.05, 0.1) is 16.7 Å². The molecule has 1 heteroatoms. The van der Waals surface area contributed by atoms with E-state index < -0.39 is 0 Å². The highest BCUT2D eigenvalue weighted by Crippen LogP contribution is 2.62. The van der Waals surface area contributed by atoms with E-state index in [1.165, 1.54) is 116 Å². The van der Waals surface area contributed by atoms with E-state index in [1.54, 1.807) is 0 Å². The largest absolute Gasteiger partial charge is 0.308 e. The molecule has 0 radical (unpaired) electrons. The highest BCUT2D eigenvalue weighted by atomic mass is 15.0. The van der Waals surface area contributed by atoms with Crippen LogP contribution in [0.1, 0.15) is 27.8 Å². The summed E-state index contributed by atoms with van der Waals surface area (Å²) >= 11 is 0. The molecule has 0 unspecified atom stereocenters. The molecule has 0 aliphatic heterocycles. The maximum Gasteiger partial charge on any atom is 0.0632 e. The smallest absolute Gasteiger partial charge is 0.0632 e. The van der Waals surface area contributed by atoms with Gasteiger partial charge in [-0.25, -0.2) is 0 Å². The normalized spacial score (nSPS) is 13.6. The lowest BCUT2D eigenvalue weighted by Crippen LogP contribution is -2.02. The van der Waals surface area contributed by atoms with E-state index in [0.717, 1.165) is 0 Å². The van der Waals surface area contributed by atoms with Crippen LogP contribution in [0.2, 0.25) is 0 Å². The monoisotopic (exact) mass is 747 g/mol. The Bertz CT molecular complexity index is 3370. The van der Waals surface area contributed by atoms with E-state index in [2.05, 4.69) is 229 Å². The van der Waals surface area contributed by atoms with Crippen molar-refractivity contribution >= 4 is 60.6 Å². The fraction of sp³-hybridized carbons (Fsp3) is 0. The molecule has 2 aliphatic rings. The minimum Gasteiger partial charge on any atom is -0.308 e. The molecule has 0 bridgehead atoms. The van der Waals surface area contributed by atoms with Gasteiger partial charge in [0.15, 0.2) is 0 Å². The van der Waals surface area contributed by atoms with Crippen molar-refractivity contribution in [2.45, 2.75) is 0 Å². The first-order valence-electron chi connectivity index (χ1n) is 20.4. The second-order valence-electron chi connectivity index (χ2n) is 15.5. The molecule has 10 aromatic rings. The van der Waals surface area contributed by atoms with Crippen molar-refractivity contribution in [3.63, 3.8) is 0 Å². The van der Waals surface area contributed by atoms with Crippen molar-refractivity contribution in [1.82, 2.24) is 4.57 Å². The van der Waals surface area contributed by atoms with Crippen molar-refractivity contribution in [3.8, 4) is 22.3 Å². The van der Waals surface area contributed by atoms with Crippen LogP contribution in [0.25, 0.3) is 82.8 Å². The molecule has 0 spiro atoms. The van der Waals surface area contributed by atoms with Gasteiger partial charge >= 0.3 is 0 Å². The van der Waals surface area contributed by atoms with Gasteiger partial charge in [-0.2, -0.15) is 0 Å². The number of allylic oxidation sites excluding steroid dienone is 5. The molecule has 1 aromatic heterocycles. The molecule has 274 valence electrons. The molecule has 0 fully saturated rings. The molecule has 0 atom stereocenters. The topological polar surface area (TPSA) is 4.93 Å². The van der Waals surface area contributed by atoms with Gasteiger partial charge in [-0.3, -0.25) is 0 Å². The summed E-state index contributed by atoms with van der Waals surface area (Å²) < 4.78 is 2.59. The summed E-state index contributed by atoms with van der Waals surface area (Å²) in [5.41, 5.74) is 20.9. The number of hydrogen-bond donors (Lipinski definition) is 0. The van der Waals surface area contributed by atoms with Crippen LogP contribution < -0.4 is 0 Å². The molecule has 0 saturated heterocycles. The molecule has 0 saturated carbocycles. The zero-order chi connectivity index (χ0) is 38.9. The molecule has 1 nitrogen and oxygen atoms in total. The molecule has 12 rings (SSSR count). The van der Waals surface area contributed by atoms with Crippen molar-refractivity contribution in [1.29, 1.82) is 0 Å². The Labute approximate surface area is 343 Å². The van der Waals surface area contributed by atoms with Gasteiger partial charge in [0.1, 0.15) is 0 Å². The van der Waals surface area contributed by atoms with E-state index in [1.807, 2.05) is 0 Å². The Morgan fingerprint density at radius 3 is 1.27 bits per heavy atom. The van der Waals surface area contributed by atoms with Crippen LogP contribution in [-0.4, -0.2) is 4.57 Å². The highest BCUT2D eigenvalue weighted by Gasteiger charge is 2.42. The van der Waals surface area contributed by atoms with Gasteiger partial charge in [0, 0.05) is 33.1 Å². The first-order chi connectivity index (χ1) is 29.3. The average Bonchev–Trinajstić information content (AvgIpc) is 3.95. The number of aromatic nitrogens is 1. The molecular formula is C58H37N. The Morgan fingerprint density at radius 2 is 0.695 bits per heavy atom. The van der Waals surface area contributed by atoms with Crippen LogP contribution in [0, 0.1) is 0 Å². The van der Waals surface area contributed by atoms with Crippen molar-refractivity contribution in [2.24, 2.45) is 0 Å². The minimum absolute atomic E-state index is 1.20. The number of fused-ring (bicyclic) bond motifs is 8. The first-order valence-corrected chi connectivity index (χ1v) is 20.4. The van der Waals surface area contributed by atoms with Crippen LogP contribution in [0.15, 0.2) is 230 Å². The van der Waals surface area contributed by atoms with Gasteiger partial charge in [-0.1, -0.05) is 200 Å². The summed E-state index contributed by atoms with van der Waals surface area (Å²) in [7, 11) is 0. The summed E-state index contributed by atoms with van der Waals surface area (Å²) in [6, 6.07) is 82.5. The number of benzene rings is 9. The molecule has 1 heterocycles. The third-order valence-corrected chi connectivity index (χ3v) is 12.3. The molecule has 9 aromatic carbocycles. The fourth-order valence-corrected chi connectivity index (χ4v) is 9.87. The van der Waals surface area contributed by atoms with Crippen molar-refractivity contribution in [3.05, 3.63) is 258 Å². The zero-order valence-corrected chi connectivity index (χ0v) is 32.3. The Hall–Kier alpha value is -7.74. The zero-order valence-electron chi connectivity index (χ0n) is 32.3. The highest BCUT2D eigenvalue weighted by molar-refractivity contribution is 6.39. The Morgan fingerprint density at radius 1 is 0.254 bits per heavy atom. The molecule has 2 aliphatic carbocycles.